The SMILES string of the molecule is O=Cc1ccc2nc(Cc3ccc(Br)cc3)cn2c1. The van der Waals surface area contributed by atoms with Crippen molar-refractivity contribution in [1.82, 2.24) is 9.38 Å². The summed E-state index contributed by atoms with van der Waals surface area (Å²) < 4.78 is 2.96. The van der Waals surface area contributed by atoms with Crippen molar-refractivity contribution in [2.45, 2.75) is 6.42 Å². The Bertz CT molecular complexity index is 731. The zero-order valence-electron chi connectivity index (χ0n) is 10.1. The van der Waals surface area contributed by atoms with Gasteiger partial charge in [-0.15, -0.1) is 0 Å². The Morgan fingerprint density at radius 3 is 2.63 bits per heavy atom. The Kier molecular flexibility index (Phi) is 3.17. The molecule has 0 saturated heterocycles. The molecular formula is C15H11BrN2O. The summed E-state index contributed by atoms with van der Waals surface area (Å²) in [5.74, 6) is 0. The van der Waals surface area contributed by atoms with Crippen LogP contribution >= 0.6 is 15.9 Å². The van der Waals surface area contributed by atoms with Crippen molar-refractivity contribution in [3.63, 3.8) is 0 Å². The number of hydrogen-bond donors (Lipinski definition) is 0. The van der Waals surface area contributed by atoms with Gasteiger partial charge < -0.3 is 4.40 Å². The lowest BCUT2D eigenvalue weighted by molar-refractivity contribution is 0.112. The first-order chi connectivity index (χ1) is 9.24. The molecule has 4 heteroatoms. The van der Waals surface area contributed by atoms with Gasteiger partial charge in [-0.05, 0) is 29.8 Å². The van der Waals surface area contributed by atoms with E-state index in [4.69, 9.17) is 0 Å². The minimum Gasteiger partial charge on any atom is -0.306 e. The standard InChI is InChI=1S/C15H11BrN2O/c16-13-4-1-11(2-5-13)7-14-9-18-8-12(10-19)3-6-15(18)17-14/h1-6,8-10H,7H2. The topological polar surface area (TPSA) is 34.4 Å². The van der Waals surface area contributed by atoms with Gasteiger partial charge in [0.1, 0.15) is 5.65 Å². The first-order valence-electron chi connectivity index (χ1n) is 5.92. The van der Waals surface area contributed by atoms with Gasteiger partial charge in [0.25, 0.3) is 0 Å². The number of fused-ring (bicyclic) bond motifs is 1. The average molecular weight is 315 g/mol. The van der Waals surface area contributed by atoms with Gasteiger partial charge in [0.05, 0.1) is 5.69 Å². The van der Waals surface area contributed by atoms with Gasteiger partial charge in [-0.2, -0.15) is 0 Å². The van der Waals surface area contributed by atoms with E-state index in [-0.39, 0.29) is 0 Å². The van der Waals surface area contributed by atoms with Gasteiger partial charge in [-0.25, -0.2) is 4.98 Å². The maximum atomic E-state index is 10.7. The number of carbonyl (C=O) groups excluding carboxylic acids is 1. The molecule has 0 radical (unpaired) electrons. The van der Waals surface area contributed by atoms with Gasteiger partial charge >= 0.3 is 0 Å². The van der Waals surface area contributed by atoms with Gasteiger partial charge in [0.2, 0.25) is 0 Å². The molecule has 0 fully saturated rings. The van der Waals surface area contributed by atoms with Crippen LogP contribution in [-0.4, -0.2) is 15.7 Å². The van der Waals surface area contributed by atoms with E-state index in [9.17, 15) is 4.79 Å². The van der Waals surface area contributed by atoms with Crippen molar-refractivity contribution in [3.05, 3.63) is 70.1 Å². The summed E-state index contributed by atoms with van der Waals surface area (Å²) in [5.41, 5.74) is 3.71. The summed E-state index contributed by atoms with van der Waals surface area (Å²) in [6.07, 6.45) is 5.38. The fraction of sp³-hybridized carbons (Fsp3) is 0.0667. The van der Waals surface area contributed by atoms with Crippen molar-refractivity contribution < 1.29 is 4.79 Å². The number of pyridine rings is 1. The summed E-state index contributed by atoms with van der Waals surface area (Å²) in [7, 11) is 0. The first-order valence-corrected chi connectivity index (χ1v) is 6.71. The molecule has 3 nitrogen and oxygen atoms in total. The Labute approximate surface area is 119 Å². The number of imidazole rings is 1. The highest BCUT2D eigenvalue weighted by atomic mass is 79.9. The predicted octanol–water partition coefficient (Wildman–Crippen LogP) is 3.50. The molecule has 94 valence electrons. The number of carbonyl (C=O) groups is 1. The van der Waals surface area contributed by atoms with Gasteiger partial charge in [-0.1, -0.05) is 28.1 Å². The highest BCUT2D eigenvalue weighted by Crippen LogP contribution is 2.14. The van der Waals surface area contributed by atoms with Crippen LogP contribution in [0.3, 0.4) is 0 Å². The molecule has 2 aromatic heterocycles. The monoisotopic (exact) mass is 314 g/mol. The molecule has 0 bridgehead atoms. The minimum atomic E-state index is 0.653. The van der Waals surface area contributed by atoms with Crippen LogP contribution in [0, 0.1) is 0 Å². The molecule has 0 amide bonds. The zero-order chi connectivity index (χ0) is 13.2. The van der Waals surface area contributed by atoms with Crippen LogP contribution in [0.5, 0.6) is 0 Å². The number of nitrogens with zero attached hydrogens (tertiary/aromatic N) is 2. The third kappa shape index (κ3) is 2.58. The summed E-state index contributed by atoms with van der Waals surface area (Å²) >= 11 is 3.42. The van der Waals surface area contributed by atoms with Crippen LogP contribution in [0.2, 0.25) is 0 Å². The van der Waals surface area contributed by atoms with E-state index >= 15 is 0 Å². The van der Waals surface area contributed by atoms with Crippen LogP contribution in [0.4, 0.5) is 0 Å². The number of benzene rings is 1. The zero-order valence-corrected chi connectivity index (χ0v) is 11.7. The van der Waals surface area contributed by atoms with E-state index in [0.29, 0.717) is 5.56 Å². The minimum absolute atomic E-state index is 0.653. The van der Waals surface area contributed by atoms with Crippen LogP contribution in [0.25, 0.3) is 5.65 Å². The number of rotatable bonds is 3. The van der Waals surface area contributed by atoms with E-state index in [1.165, 1.54) is 5.56 Å². The van der Waals surface area contributed by atoms with E-state index < -0.39 is 0 Å². The van der Waals surface area contributed by atoms with Crippen molar-refractivity contribution in [2.24, 2.45) is 0 Å². The van der Waals surface area contributed by atoms with Crippen LogP contribution < -0.4 is 0 Å². The average Bonchev–Trinajstić information content (AvgIpc) is 2.82. The smallest absolute Gasteiger partial charge is 0.151 e. The largest absolute Gasteiger partial charge is 0.306 e. The maximum absolute atomic E-state index is 10.7. The fourth-order valence-corrected chi connectivity index (χ4v) is 2.29. The van der Waals surface area contributed by atoms with Crippen LogP contribution in [0.1, 0.15) is 21.6 Å². The number of halogens is 1. The summed E-state index contributed by atoms with van der Waals surface area (Å²) in [6, 6.07) is 11.8. The molecule has 19 heavy (non-hydrogen) atoms. The molecule has 0 atom stereocenters. The molecule has 2 heterocycles. The Morgan fingerprint density at radius 2 is 1.89 bits per heavy atom. The van der Waals surface area contributed by atoms with Gasteiger partial charge in [-0.3, -0.25) is 4.79 Å². The third-order valence-electron chi connectivity index (χ3n) is 2.96. The highest BCUT2D eigenvalue weighted by molar-refractivity contribution is 9.10. The second-order valence-electron chi connectivity index (χ2n) is 4.38. The lowest BCUT2D eigenvalue weighted by atomic mass is 10.1. The highest BCUT2D eigenvalue weighted by Gasteiger charge is 2.03. The molecule has 0 aliphatic carbocycles. The van der Waals surface area contributed by atoms with E-state index in [0.717, 1.165) is 28.5 Å². The van der Waals surface area contributed by atoms with Crippen molar-refractivity contribution in [3.8, 4) is 0 Å². The Balaban J connectivity index is 1.92. The number of aldehydes is 1. The Hall–Kier alpha value is -1.94. The molecule has 0 aliphatic rings. The third-order valence-corrected chi connectivity index (χ3v) is 3.49. The van der Waals surface area contributed by atoms with Crippen LogP contribution in [0.15, 0.2) is 53.3 Å². The first kappa shape index (κ1) is 12.1. The molecule has 3 aromatic rings. The quantitative estimate of drug-likeness (QED) is 0.693. The molecule has 1 aromatic carbocycles. The lowest BCUT2D eigenvalue weighted by Crippen LogP contribution is -1.87. The second-order valence-corrected chi connectivity index (χ2v) is 5.30. The molecule has 3 rings (SSSR count). The van der Waals surface area contributed by atoms with Crippen molar-refractivity contribution in [2.75, 3.05) is 0 Å². The number of hydrogen-bond acceptors (Lipinski definition) is 2. The lowest BCUT2D eigenvalue weighted by Gasteiger charge is -1.97. The molecule has 0 unspecified atom stereocenters. The summed E-state index contributed by atoms with van der Waals surface area (Å²) in [5, 5.41) is 0. The molecule has 0 saturated carbocycles. The molecule has 0 spiro atoms. The fourth-order valence-electron chi connectivity index (χ4n) is 2.03. The molecular weight excluding hydrogens is 304 g/mol. The van der Waals surface area contributed by atoms with E-state index in [2.05, 4.69) is 33.0 Å². The normalized spacial score (nSPS) is 10.8. The predicted molar refractivity (Wildman–Crippen MR) is 77.5 cm³/mol. The summed E-state index contributed by atoms with van der Waals surface area (Å²) in [6.45, 7) is 0. The molecule has 0 aliphatic heterocycles. The van der Waals surface area contributed by atoms with E-state index in [1.807, 2.05) is 28.8 Å². The summed E-state index contributed by atoms with van der Waals surface area (Å²) in [4.78, 5) is 15.3. The van der Waals surface area contributed by atoms with Gasteiger partial charge in [0.15, 0.2) is 6.29 Å². The maximum Gasteiger partial charge on any atom is 0.151 e. The Morgan fingerprint density at radius 1 is 1.11 bits per heavy atom. The van der Waals surface area contributed by atoms with E-state index in [1.54, 1.807) is 12.3 Å². The molecule has 0 N–H and O–H groups in total. The number of aromatic nitrogens is 2. The van der Waals surface area contributed by atoms with Crippen molar-refractivity contribution in [1.29, 1.82) is 0 Å². The van der Waals surface area contributed by atoms with Crippen LogP contribution in [-0.2, 0) is 6.42 Å². The second kappa shape index (κ2) is 4.97. The van der Waals surface area contributed by atoms with Crippen molar-refractivity contribution >= 4 is 27.9 Å². The van der Waals surface area contributed by atoms with Gasteiger partial charge in [0, 0.05) is 28.9 Å².